The molecule has 2 aliphatic rings. The molecule has 0 aromatic heterocycles. The number of hydrogen-bond acceptors (Lipinski definition) is 4. The van der Waals surface area contributed by atoms with E-state index in [4.69, 9.17) is 9.47 Å². The first-order chi connectivity index (χ1) is 8.09. The monoisotopic (exact) mass is 259 g/mol. The molecule has 3 nitrogen and oxygen atoms in total. The summed E-state index contributed by atoms with van der Waals surface area (Å²) in [5, 5.41) is 4.56. The predicted octanol–water partition coefficient (Wildman–Crippen LogP) is 2.40. The highest BCUT2D eigenvalue weighted by molar-refractivity contribution is 7.99. The van der Waals surface area contributed by atoms with Crippen molar-refractivity contribution in [2.45, 2.75) is 62.7 Å². The lowest BCUT2D eigenvalue weighted by atomic mass is 9.94. The van der Waals surface area contributed by atoms with Gasteiger partial charge < -0.3 is 14.8 Å². The van der Waals surface area contributed by atoms with Crippen LogP contribution in [-0.4, -0.2) is 42.6 Å². The van der Waals surface area contributed by atoms with E-state index in [1.807, 2.05) is 25.6 Å². The third-order valence-electron chi connectivity index (χ3n) is 3.74. The van der Waals surface area contributed by atoms with E-state index in [0.29, 0.717) is 12.1 Å². The number of nitrogens with one attached hydrogen (secondary N) is 1. The van der Waals surface area contributed by atoms with Gasteiger partial charge in [0.25, 0.3) is 0 Å². The van der Waals surface area contributed by atoms with E-state index < -0.39 is 5.79 Å². The van der Waals surface area contributed by atoms with Gasteiger partial charge >= 0.3 is 0 Å². The van der Waals surface area contributed by atoms with Crippen molar-refractivity contribution >= 4 is 11.8 Å². The smallest absolute Gasteiger partial charge is 0.162 e. The largest absolute Gasteiger partial charge is 0.349 e. The topological polar surface area (TPSA) is 30.5 Å². The van der Waals surface area contributed by atoms with Crippen molar-refractivity contribution in [1.29, 1.82) is 0 Å². The van der Waals surface area contributed by atoms with E-state index in [-0.39, 0.29) is 0 Å². The molecule has 1 N–H and O–H groups in total. The fraction of sp³-hybridized carbons (Fsp3) is 1.00. The summed E-state index contributed by atoms with van der Waals surface area (Å²) in [7, 11) is 0. The van der Waals surface area contributed by atoms with Gasteiger partial charge in [-0.2, -0.15) is 11.8 Å². The molecule has 0 atom stereocenters. The van der Waals surface area contributed by atoms with Gasteiger partial charge in [0.2, 0.25) is 0 Å². The average Bonchev–Trinajstić information content (AvgIpc) is 2.33. The first kappa shape index (κ1) is 13.7. The van der Waals surface area contributed by atoms with E-state index in [1.165, 1.54) is 25.7 Å². The Hall–Kier alpha value is 0.230. The van der Waals surface area contributed by atoms with Crippen LogP contribution in [0.3, 0.4) is 0 Å². The Morgan fingerprint density at radius 2 is 1.59 bits per heavy atom. The van der Waals surface area contributed by atoms with Crippen LogP contribution in [0.2, 0.25) is 0 Å². The summed E-state index contributed by atoms with van der Waals surface area (Å²) in [6.45, 7) is 5.50. The Labute approximate surface area is 109 Å². The highest BCUT2D eigenvalue weighted by atomic mass is 32.2. The van der Waals surface area contributed by atoms with Gasteiger partial charge in [0.1, 0.15) is 0 Å². The van der Waals surface area contributed by atoms with Crippen molar-refractivity contribution in [2.75, 3.05) is 19.5 Å². The van der Waals surface area contributed by atoms with Gasteiger partial charge in [-0.25, -0.2) is 0 Å². The van der Waals surface area contributed by atoms with Gasteiger partial charge in [0.15, 0.2) is 5.79 Å². The number of rotatable bonds is 3. The third-order valence-corrected chi connectivity index (χ3v) is 4.88. The average molecular weight is 259 g/mol. The molecule has 100 valence electrons. The van der Waals surface area contributed by atoms with Gasteiger partial charge in [-0.15, -0.1) is 0 Å². The molecular weight excluding hydrogens is 234 g/mol. The molecule has 2 rings (SSSR count). The van der Waals surface area contributed by atoms with Gasteiger partial charge in [-0.1, -0.05) is 0 Å². The molecule has 4 heteroatoms. The molecule has 0 radical (unpaired) electrons. The highest BCUT2D eigenvalue weighted by Gasteiger charge is 2.30. The van der Waals surface area contributed by atoms with E-state index in [0.717, 1.165) is 18.5 Å². The fourth-order valence-corrected chi connectivity index (χ4v) is 3.33. The van der Waals surface area contributed by atoms with Gasteiger partial charge in [0, 0.05) is 11.3 Å². The van der Waals surface area contributed by atoms with Crippen LogP contribution in [0, 0.1) is 0 Å². The summed E-state index contributed by atoms with van der Waals surface area (Å²) in [6.07, 6.45) is 7.51. The second-order valence-corrected chi connectivity index (χ2v) is 6.73. The molecule has 1 saturated carbocycles. The Bertz CT molecular complexity index is 230. The first-order valence-corrected chi connectivity index (χ1v) is 7.94. The molecular formula is C13H25NO2S. The normalized spacial score (nSPS) is 34.8. The van der Waals surface area contributed by atoms with Crippen LogP contribution in [0.4, 0.5) is 0 Å². The van der Waals surface area contributed by atoms with E-state index in [9.17, 15) is 0 Å². The minimum absolute atomic E-state index is 0.374. The number of ether oxygens (including phenoxy) is 2. The van der Waals surface area contributed by atoms with E-state index in [2.05, 4.69) is 11.6 Å². The maximum atomic E-state index is 5.67. The van der Waals surface area contributed by atoms with Gasteiger partial charge in [0.05, 0.1) is 19.3 Å². The van der Waals surface area contributed by atoms with Crippen molar-refractivity contribution in [1.82, 2.24) is 5.32 Å². The molecule has 1 heterocycles. The SMILES string of the molecule is CSC1CCC(NC2COC(C)(C)OC2)CC1. The van der Waals surface area contributed by atoms with Crippen molar-refractivity contribution < 1.29 is 9.47 Å². The Morgan fingerprint density at radius 1 is 1.00 bits per heavy atom. The van der Waals surface area contributed by atoms with Crippen LogP contribution in [0.15, 0.2) is 0 Å². The van der Waals surface area contributed by atoms with E-state index >= 15 is 0 Å². The summed E-state index contributed by atoms with van der Waals surface area (Å²) in [4.78, 5) is 0. The lowest BCUT2D eigenvalue weighted by molar-refractivity contribution is -0.253. The number of thioether (sulfide) groups is 1. The molecule has 1 aliphatic heterocycles. The van der Waals surface area contributed by atoms with Crippen LogP contribution in [0.25, 0.3) is 0 Å². The quantitative estimate of drug-likeness (QED) is 0.843. The first-order valence-electron chi connectivity index (χ1n) is 6.66. The maximum Gasteiger partial charge on any atom is 0.162 e. The molecule has 0 spiro atoms. The minimum Gasteiger partial charge on any atom is -0.349 e. The van der Waals surface area contributed by atoms with E-state index in [1.54, 1.807) is 0 Å². The van der Waals surface area contributed by atoms with Crippen molar-refractivity contribution in [3.63, 3.8) is 0 Å². The van der Waals surface area contributed by atoms with Crippen LogP contribution < -0.4 is 5.32 Å². The molecule has 0 bridgehead atoms. The summed E-state index contributed by atoms with van der Waals surface area (Å²) in [5.41, 5.74) is 0. The van der Waals surface area contributed by atoms with Gasteiger partial charge in [-0.05, 0) is 45.8 Å². The van der Waals surface area contributed by atoms with Crippen molar-refractivity contribution in [3.05, 3.63) is 0 Å². The molecule has 1 saturated heterocycles. The highest BCUT2D eigenvalue weighted by Crippen LogP contribution is 2.27. The predicted molar refractivity (Wildman–Crippen MR) is 72.5 cm³/mol. The van der Waals surface area contributed by atoms with Crippen LogP contribution in [-0.2, 0) is 9.47 Å². The minimum atomic E-state index is -0.394. The third kappa shape index (κ3) is 4.12. The zero-order valence-electron chi connectivity index (χ0n) is 11.2. The van der Waals surface area contributed by atoms with Crippen molar-refractivity contribution in [2.24, 2.45) is 0 Å². The summed E-state index contributed by atoms with van der Waals surface area (Å²) in [6, 6.07) is 1.04. The molecule has 0 aromatic carbocycles. The standard InChI is InChI=1S/C13H25NO2S/c1-13(2)15-8-11(9-16-13)14-10-4-6-12(17-3)7-5-10/h10-12,14H,4-9H2,1-3H3. The molecule has 0 unspecified atom stereocenters. The summed E-state index contributed by atoms with van der Waals surface area (Å²) < 4.78 is 11.3. The second-order valence-electron chi connectivity index (χ2n) is 5.59. The van der Waals surface area contributed by atoms with Crippen molar-refractivity contribution in [3.8, 4) is 0 Å². The van der Waals surface area contributed by atoms with Crippen LogP contribution in [0.5, 0.6) is 0 Å². The zero-order valence-corrected chi connectivity index (χ0v) is 12.0. The lowest BCUT2D eigenvalue weighted by Gasteiger charge is -2.38. The van der Waals surface area contributed by atoms with Gasteiger partial charge in [-0.3, -0.25) is 0 Å². The fourth-order valence-electron chi connectivity index (χ4n) is 2.59. The Kier molecular flexibility index (Phi) is 4.75. The number of hydrogen-bond donors (Lipinski definition) is 1. The molecule has 17 heavy (non-hydrogen) atoms. The molecule has 1 aliphatic carbocycles. The van der Waals surface area contributed by atoms with Crippen LogP contribution in [0.1, 0.15) is 39.5 Å². The molecule has 0 aromatic rings. The Balaban J connectivity index is 1.69. The molecule has 0 amide bonds. The molecule has 2 fully saturated rings. The lowest BCUT2D eigenvalue weighted by Crippen LogP contribution is -2.52. The Morgan fingerprint density at radius 3 is 2.12 bits per heavy atom. The maximum absolute atomic E-state index is 5.67. The zero-order chi connectivity index (χ0) is 12.3. The second kappa shape index (κ2) is 5.91. The summed E-state index contributed by atoms with van der Waals surface area (Å²) >= 11 is 2.02. The van der Waals surface area contributed by atoms with Crippen LogP contribution >= 0.6 is 11.8 Å². The summed E-state index contributed by atoms with van der Waals surface area (Å²) in [5.74, 6) is -0.394.